The fourth-order valence-corrected chi connectivity index (χ4v) is 3.62. The number of aromatic nitrogens is 2. The zero-order chi connectivity index (χ0) is 20.2. The fraction of sp³-hybridized carbons (Fsp3) is 0.136. The molecule has 2 N–H and O–H groups in total. The maximum atomic E-state index is 12.6. The minimum atomic E-state index is -0.405. The van der Waals surface area contributed by atoms with Crippen molar-refractivity contribution in [3.63, 3.8) is 0 Å². The summed E-state index contributed by atoms with van der Waals surface area (Å²) in [6, 6.07) is 16.5. The predicted molar refractivity (Wildman–Crippen MR) is 116 cm³/mol. The summed E-state index contributed by atoms with van der Waals surface area (Å²) in [6.07, 6.45) is 0.958. The topological polar surface area (TPSA) is 84.1 Å². The number of carbonyl (C=O) groups is 1. The summed E-state index contributed by atoms with van der Waals surface area (Å²) < 4.78 is 5.59. The average Bonchev–Trinajstić information content (AvgIpc) is 3.21. The number of thiazole rings is 1. The van der Waals surface area contributed by atoms with Crippen molar-refractivity contribution in [3.8, 4) is 17.0 Å². The minimum Gasteiger partial charge on any atom is -0.494 e. The van der Waals surface area contributed by atoms with Crippen molar-refractivity contribution in [2.45, 2.75) is 13.3 Å². The lowest BCUT2D eigenvalue weighted by molar-refractivity contribution is 0.102. The number of amides is 1. The largest absolute Gasteiger partial charge is 0.494 e. The lowest BCUT2D eigenvalue weighted by Gasteiger charge is -2.05. The Morgan fingerprint density at radius 2 is 1.97 bits per heavy atom. The number of nitrogens with one attached hydrogen (secondary N) is 2. The van der Waals surface area contributed by atoms with Crippen molar-refractivity contribution in [2.24, 2.45) is 0 Å². The molecule has 0 radical (unpaired) electrons. The van der Waals surface area contributed by atoms with Crippen LogP contribution in [0.1, 0.15) is 23.8 Å². The molecule has 0 aliphatic carbocycles. The van der Waals surface area contributed by atoms with Gasteiger partial charge in [0.15, 0.2) is 5.13 Å². The van der Waals surface area contributed by atoms with E-state index in [1.807, 2.05) is 35.7 Å². The van der Waals surface area contributed by atoms with Gasteiger partial charge in [0.25, 0.3) is 11.5 Å². The highest BCUT2D eigenvalue weighted by molar-refractivity contribution is 7.14. The van der Waals surface area contributed by atoms with Crippen LogP contribution in [-0.2, 0) is 0 Å². The van der Waals surface area contributed by atoms with E-state index in [1.54, 1.807) is 24.3 Å². The molecule has 0 saturated carbocycles. The van der Waals surface area contributed by atoms with Gasteiger partial charge in [0.1, 0.15) is 11.4 Å². The van der Waals surface area contributed by atoms with Gasteiger partial charge in [0, 0.05) is 16.3 Å². The number of ether oxygens (including phenoxy) is 1. The molecule has 0 atom stereocenters. The van der Waals surface area contributed by atoms with Crippen LogP contribution in [0.5, 0.6) is 5.75 Å². The molecular formula is C22H19N3O3S. The lowest BCUT2D eigenvalue weighted by Crippen LogP contribution is -2.18. The van der Waals surface area contributed by atoms with Crippen LogP contribution in [0.4, 0.5) is 5.13 Å². The van der Waals surface area contributed by atoms with Crippen LogP contribution in [-0.4, -0.2) is 22.5 Å². The zero-order valence-electron chi connectivity index (χ0n) is 15.8. The number of pyridine rings is 1. The Morgan fingerprint density at radius 1 is 1.17 bits per heavy atom. The van der Waals surface area contributed by atoms with Crippen molar-refractivity contribution < 1.29 is 9.53 Å². The van der Waals surface area contributed by atoms with Crippen molar-refractivity contribution in [1.82, 2.24) is 9.97 Å². The molecule has 0 unspecified atom stereocenters. The highest BCUT2D eigenvalue weighted by Gasteiger charge is 2.12. The monoisotopic (exact) mass is 405 g/mol. The number of anilines is 1. The molecule has 29 heavy (non-hydrogen) atoms. The molecule has 4 rings (SSSR count). The maximum Gasteiger partial charge on any atom is 0.273 e. The van der Waals surface area contributed by atoms with Gasteiger partial charge in [-0.3, -0.25) is 14.9 Å². The number of hydrogen-bond donors (Lipinski definition) is 2. The van der Waals surface area contributed by atoms with Gasteiger partial charge in [-0.25, -0.2) is 4.98 Å². The second-order valence-corrected chi connectivity index (χ2v) is 7.32. The number of aromatic amines is 1. The third-order valence-corrected chi connectivity index (χ3v) is 5.10. The van der Waals surface area contributed by atoms with Crippen LogP contribution >= 0.6 is 11.3 Å². The Balaban J connectivity index is 1.50. The quantitative estimate of drug-likeness (QED) is 0.487. The predicted octanol–water partition coefficient (Wildman–Crippen LogP) is 4.69. The van der Waals surface area contributed by atoms with Crippen LogP contribution in [0.3, 0.4) is 0 Å². The second kappa shape index (κ2) is 8.28. The highest BCUT2D eigenvalue weighted by atomic mass is 32.1. The fourth-order valence-electron chi connectivity index (χ4n) is 2.90. The summed E-state index contributed by atoms with van der Waals surface area (Å²) in [6.45, 7) is 2.75. The summed E-state index contributed by atoms with van der Waals surface area (Å²) in [5, 5.41) is 6.35. The smallest absolute Gasteiger partial charge is 0.273 e. The summed E-state index contributed by atoms with van der Waals surface area (Å²) in [4.78, 5) is 31.9. The van der Waals surface area contributed by atoms with Gasteiger partial charge in [-0.05, 0) is 48.2 Å². The maximum absolute atomic E-state index is 12.6. The van der Waals surface area contributed by atoms with E-state index in [1.165, 1.54) is 11.3 Å². The van der Waals surface area contributed by atoms with E-state index >= 15 is 0 Å². The van der Waals surface area contributed by atoms with Crippen LogP contribution < -0.4 is 15.6 Å². The van der Waals surface area contributed by atoms with Gasteiger partial charge in [-0.1, -0.05) is 25.1 Å². The van der Waals surface area contributed by atoms with Crippen LogP contribution in [0.2, 0.25) is 0 Å². The van der Waals surface area contributed by atoms with Gasteiger partial charge in [-0.2, -0.15) is 0 Å². The van der Waals surface area contributed by atoms with Gasteiger partial charge < -0.3 is 9.72 Å². The van der Waals surface area contributed by atoms with E-state index in [0.717, 1.165) is 23.4 Å². The molecular weight excluding hydrogens is 386 g/mol. The van der Waals surface area contributed by atoms with E-state index in [9.17, 15) is 9.59 Å². The first kappa shape index (κ1) is 18.9. The molecule has 4 aromatic rings. The van der Waals surface area contributed by atoms with E-state index in [2.05, 4.69) is 22.2 Å². The first-order chi connectivity index (χ1) is 14.1. The Labute approximate surface area is 171 Å². The normalized spacial score (nSPS) is 10.8. The molecule has 0 saturated heterocycles. The summed E-state index contributed by atoms with van der Waals surface area (Å²) in [5.41, 5.74) is 1.60. The van der Waals surface area contributed by atoms with E-state index in [4.69, 9.17) is 4.74 Å². The molecule has 0 aliphatic heterocycles. The van der Waals surface area contributed by atoms with Crippen molar-refractivity contribution in [2.75, 3.05) is 11.9 Å². The van der Waals surface area contributed by atoms with Gasteiger partial charge >= 0.3 is 0 Å². The summed E-state index contributed by atoms with van der Waals surface area (Å²) in [5.74, 6) is 0.414. The summed E-state index contributed by atoms with van der Waals surface area (Å²) in [7, 11) is 0. The number of H-pyrrole nitrogens is 1. The van der Waals surface area contributed by atoms with E-state index in [0.29, 0.717) is 22.5 Å². The minimum absolute atomic E-state index is 0.197. The van der Waals surface area contributed by atoms with Crippen LogP contribution in [0.15, 0.2) is 64.8 Å². The molecule has 1 amide bonds. The molecule has 0 bridgehead atoms. The Hall–Kier alpha value is -3.45. The third kappa shape index (κ3) is 4.20. The van der Waals surface area contributed by atoms with Crippen LogP contribution in [0.25, 0.3) is 22.0 Å². The summed E-state index contributed by atoms with van der Waals surface area (Å²) >= 11 is 1.33. The van der Waals surface area contributed by atoms with Crippen molar-refractivity contribution in [3.05, 3.63) is 76.0 Å². The number of rotatable bonds is 6. The molecule has 7 heteroatoms. The van der Waals surface area contributed by atoms with Gasteiger partial charge in [-0.15, -0.1) is 11.3 Å². The van der Waals surface area contributed by atoms with Crippen LogP contribution in [0, 0.1) is 0 Å². The Bertz CT molecular complexity index is 1210. The number of nitrogens with zero attached hydrogens (tertiary/aromatic N) is 1. The molecule has 2 aromatic carbocycles. The average molecular weight is 405 g/mol. The Morgan fingerprint density at radius 3 is 2.76 bits per heavy atom. The molecule has 2 aromatic heterocycles. The molecule has 0 spiro atoms. The van der Waals surface area contributed by atoms with Gasteiger partial charge in [0.2, 0.25) is 0 Å². The number of carbonyl (C=O) groups excluding carboxylic acids is 1. The highest BCUT2D eigenvalue weighted by Crippen LogP contribution is 2.27. The van der Waals surface area contributed by atoms with E-state index < -0.39 is 5.91 Å². The first-order valence-electron chi connectivity index (χ1n) is 9.26. The number of benzene rings is 2. The molecule has 0 aliphatic rings. The third-order valence-electron chi connectivity index (χ3n) is 4.35. The SMILES string of the molecule is CCCOc1ccc(-c2csc(NC(=O)c3cc4ccccc4c(=O)[nH]3)n2)cc1. The second-order valence-electron chi connectivity index (χ2n) is 6.46. The van der Waals surface area contributed by atoms with Crippen molar-refractivity contribution in [1.29, 1.82) is 0 Å². The van der Waals surface area contributed by atoms with E-state index in [-0.39, 0.29) is 11.3 Å². The number of fused-ring (bicyclic) bond motifs is 1. The molecule has 2 heterocycles. The molecule has 146 valence electrons. The van der Waals surface area contributed by atoms with Gasteiger partial charge in [0.05, 0.1) is 12.3 Å². The Kier molecular flexibility index (Phi) is 5.39. The standard InChI is InChI=1S/C22H19N3O3S/c1-2-11-28-16-9-7-14(8-10-16)19-13-29-22(24-19)25-21(27)18-12-15-5-3-4-6-17(15)20(26)23-18/h3-10,12-13H,2,11H2,1H3,(H,23,26)(H,24,25,27). The first-order valence-corrected chi connectivity index (χ1v) is 10.1. The number of hydrogen-bond acceptors (Lipinski definition) is 5. The van der Waals surface area contributed by atoms with Crippen molar-refractivity contribution >= 4 is 33.1 Å². The molecule has 6 nitrogen and oxygen atoms in total. The zero-order valence-corrected chi connectivity index (χ0v) is 16.6. The molecule has 0 fully saturated rings. The lowest BCUT2D eigenvalue weighted by atomic mass is 10.1.